The summed E-state index contributed by atoms with van der Waals surface area (Å²) in [5, 5.41) is 0.0205. The molecule has 0 spiro atoms. The number of benzene rings is 1. The predicted molar refractivity (Wildman–Crippen MR) is 77.5 cm³/mol. The van der Waals surface area contributed by atoms with Crippen molar-refractivity contribution in [3.63, 3.8) is 0 Å². The first-order chi connectivity index (χ1) is 9.32. The van der Waals surface area contributed by atoms with E-state index in [1.807, 2.05) is 31.2 Å². The molecule has 2 N–H and O–H groups in total. The molecule has 2 rings (SSSR count). The summed E-state index contributed by atoms with van der Waals surface area (Å²) in [5.74, 6) is 0.0169. The van der Waals surface area contributed by atoms with E-state index in [0.717, 1.165) is 11.1 Å². The summed E-state index contributed by atoms with van der Waals surface area (Å²) in [6.45, 7) is 2.27. The summed E-state index contributed by atoms with van der Waals surface area (Å²) >= 11 is 0. The monoisotopic (exact) mass is 294 g/mol. The zero-order valence-corrected chi connectivity index (χ0v) is 12.6. The van der Waals surface area contributed by atoms with Crippen molar-refractivity contribution in [2.45, 2.75) is 18.5 Å². The zero-order chi connectivity index (χ0) is 14.9. The van der Waals surface area contributed by atoms with Gasteiger partial charge in [0, 0.05) is 20.6 Å². The highest BCUT2D eigenvalue weighted by molar-refractivity contribution is 7.89. The second kappa shape index (κ2) is 5.26. The van der Waals surface area contributed by atoms with Crippen molar-refractivity contribution < 1.29 is 8.42 Å². The fraction of sp³-hybridized carbons (Fsp3) is 0.308. The number of nitrogen functional groups attached to an aromatic ring is 1. The SMILES string of the molecule is Cc1ccc(CN(C)S(=O)(=O)c2c(N)ncn2C)cc1. The van der Waals surface area contributed by atoms with Gasteiger partial charge in [0.1, 0.15) is 0 Å². The molecule has 0 fully saturated rings. The third-order valence-corrected chi connectivity index (χ3v) is 5.03. The van der Waals surface area contributed by atoms with Crippen LogP contribution in [0.3, 0.4) is 0 Å². The van der Waals surface area contributed by atoms with Crippen molar-refractivity contribution in [1.29, 1.82) is 0 Å². The van der Waals surface area contributed by atoms with Crippen molar-refractivity contribution >= 4 is 15.8 Å². The number of hydrogen-bond acceptors (Lipinski definition) is 4. The Bertz CT molecular complexity index is 685. The molecule has 1 aromatic heterocycles. The van der Waals surface area contributed by atoms with Crippen LogP contribution in [0.5, 0.6) is 0 Å². The van der Waals surface area contributed by atoms with E-state index in [9.17, 15) is 8.42 Å². The lowest BCUT2D eigenvalue weighted by molar-refractivity contribution is 0.461. The zero-order valence-electron chi connectivity index (χ0n) is 11.7. The first-order valence-electron chi connectivity index (χ1n) is 6.11. The van der Waals surface area contributed by atoms with E-state index >= 15 is 0 Å². The van der Waals surface area contributed by atoms with Crippen LogP contribution in [0.4, 0.5) is 5.82 Å². The molecule has 0 saturated carbocycles. The Kier molecular flexibility index (Phi) is 3.82. The molecule has 108 valence electrons. The lowest BCUT2D eigenvalue weighted by Gasteiger charge is -2.17. The lowest BCUT2D eigenvalue weighted by atomic mass is 10.1. The number of aryl methyl sites for hydroxylation is 2. The molecule has 1 heterocycles. The molecule has 0 aliphatic carbocycles. The summed E-state index contributed by atoms with van der Waals surface area (Å²) in [5.41, 5.74) is 7.69. The van der Waals surface area contributed by atoms with Gasteiger partial charge < -0.3 is 10.3 Å². The van der Waals surface area contributed by atoms with Crippen LogP contribution in [-0.4, -0.2) is 29.3 Å². The smallest absolute Gasteiger partial charge is 0.262 e. The summed E-state index contributed by atoms with van der Waals surface area (Å²) in [6.07, 6.45) is 1.39. The van der Waals surface area contributed by atoms with Crippen LogP contribution in [0.1, 0.15) is 11.1 Å². The van der Waals surface area contributed by atoms with Crippen molar-refractivity contribution in [2.24, 2.45) is 7.05 Å². The molecule has 0 radical (unpaired) electrons. The minimum Gasteiger partial charge on any atom is -0.381 e. The molecule has 0 aliphatic heterocycles. The van der Waals surface area contributed by atoms with Crippen LogP contribution in [0.2, 0.25) is 0 Å². The first kappa shape index (κ1) is 14.5. The van der Waals surface area contributed by atoms with Crippen LogP contribution in [0.15, 0.2) is 35.6 Å². The minimum absolute atomic E-state index is 0.0169. The van der Waals surface area contributed by atoms with Gasteiger partial charge in [0.15, 0.2) is 10.8 Å². The molecule has 1 aromatic carbocycles. The van der Waals surface area contributed by atoms with Crippen LogP contribution in [0.25, 0.3) is 0 Å². The Morgan fingerprint density at radius 2 is 1.90 bits per heavy atom. The van der Waals surface area contributed by atoms with Gasteiger partial charge in [-0.1, -0.05) is 29.8 Å². The largest absolute Gasteiger partial charge is 0.381 e. The van der Waals surface area contributed by atoms with Gasteiger partial charge in [-0.25, -0.2) is 13.4 Å². The number of hydrogen-bond donors (Lipinski definition) is 1. The average molecular weight is 294 g/mol. The summed E-state index contributed by atoms with van der Waals surface area (Å²) in [4.78, 5) is 3.82. The van der Waals surface area contributed by atoms with Gasteiger partial charge in [0.05, 0.1) is 6.33 Å². The maximum atomic E-state index is 12.5. The molecule has 0 bridgehead atoms. The van der Waals surface area contributed by atoms with Crippen molar-refractivity contribution in [1.82, 2.24) is 13.9 Å². The van der Waals surface area contributed by atoms with Crippen LogP contribution < -0.4 is 5.73 Å². The van der Waals surface area contributed by atoms with Crippen molar-refractivity contribution in [3.05, 3.63) is 41.7 Å². The molecule has 2 aromatic rings. The molecule has 7 heteroatoms. The molecular weight excluding hydrogens is 276 g/mol. The van der Waals surface area contributed by atoms with Gasteiger partial charge in [0.25, 0.3) is 10.0 Å². The van der Waals surface area contributed by atoms with Gasteiger partial charge >= 0.3 is 0 Å². The quantitative estimate of drug-likeness (QED) is 0.916. The number of nitrogens with two attached hydrogens (primary N) is 1. The third-order valence-electron chi connectivity index (χ3n) is 3.09. The van der Waals surface area contributed by atoms with E-state index in [1.54, 1.807) is 7.05 Å². The average Bonchev–Trinajstić information content (AvgIpc) is 2.72. The van der Waals surface area contributed by atoms with E-state index < -0.39 is 10.0 Å². The number of nitrogens with zero attached hydrogens (tertiary/aromatic N) is 3. The Balaban J connectivity index is 2.28. The Labute approximate surface area is 118 Å². The lowest BCUT2D eigenvalue weighted by Crippen LogP contribution is -2.28. The van der Waals surface area contributed by atoms with Crippen LogP contribution >= 0.6 is 0 Å². The Hall–Kier alpha value is -1.86. The van der Waals surface area contributed by atoms with E-state index in [1.165, 1.54) is 22.2 Å². The highest BCUT2D eigenvalue weighted by atomic mass is 32.2. The molecule has 20 heavy (non-hydrogen) atoms. The molecule has 0 aliphatic rings. The number of anilines is 1. The maximum absolute atomic E-state index is 12.5. The standard InChI is InChI=1S/C13H18N4O2S/c1-10-4-6-11(7-5-10)8-17(3)20(18,19)13-12(14)15-9-16(13)2/h4-7,9H,8,14H2,1-3H3. The summed E-state index contributed by atoms with van der Waals surface area (Å²) < 4.78 is 27.7. The van der Waals surface area contributed by atoms with Gasteiger partial charge in [0.2, 0.25) is 0 Å². The second-order valence-electron chi connectivity index (χ2n) is 4.79. The molecule has 0 amide bonds. The molecule has 0 unspecified atom stereocenters. The number of aromatic nitrogens is 2. The molecular formula is C13H18N4O2S. The summed E-state index contributed by atoms with van der Waals surface area (Å²) in [6, 6.07) is 7.73. The van der Waals surface area contributed by atoms with Gasteiger partial charge in [-0.2, -0.15) is 4.31 Å². The van der Waals surface area contributed by atoms with E-state index in [2.05, 4.69) is 4.98 Å². The fourth-order valence-corrected chi connectivity index (χ4v) is 3.28. The van der Waals surface area contributed by atoms with Crippen molar-refractivity contribution in [3.8, 4) is 0 Å². The molecule has 0 atom stereocenters. The number of imidazole rings is 1. The topological polar surface area (TPSA) is 81.2 Å². The van der Waals surface area contributed by atoms with E-state index in [0.29, 0.717) is 0 Å². The van der Waals surface area contributed by atoms with Crippen LogP contribution in [-0.2, 0) is 23.6 Å². The third kappa shape index (κ3) is 2.68. The van der Waals surface area contributed by atoms with E-state index in [4.69, 9.17) is 5.73 Å². The Morgan fingerprint density at radius 3 is 2.40 bits per heavy atom. The highest BCUT2D eigenvalue weighted by Crippen LogP contribution is 2.21. The number of sulfonamides is 1. The molecule has 6 nitrogen and oxygen atoms in total. The summed E-state index contributed by atoms with van der Waals surface area (Å²) in [7, 11) is -0.520. The van der Waals surface area contributed by atoms with Crippen molar-refractivity contribution in [2.75, 3.05) is 12.8 Å². The fourth-order valence-electron chi connectivity index (χ4n) is 1.93. The predicted octanol–water partition coefficient (Wildman–Crippen LogP) is 1.13. The minimum atomic E-state index is -3.66. The highest BCUT2D eigenvalue weighted by Gasteiger charge is 2.27. The number of rotatable bonds is 4. The Morgan fingerprint density at radius 1 is 1.30 bits per heavy atom. The maximum Gasteiger partial charge on any atom is 0.262 e. The van der Waals surface area contributed by atoms with Gasteiger partial charge in [-0.05, 0) is 12.5 Å². The first-order valence-corrected chi connectivity index (χ1v) is 7.55. The van der Waals surface area contributed by atoms with Gasteiger partial charge in [-0.15, -0.1) is 0 Å². The second-order valence-corrected chi connectivity index (χ2v) is 6.75. The van der Waals surface area contributed by atoms with Crippen LogP contribution in [0, 0.1) is 6.92 Å². The van der Waals surface area contributed by atoms with E-state index in [-0.39, 0.29) is 17.4 Å². The normalized spacial score (nSPS) is 12.0. The van der Waals surface area contributed by atoms with Gasteiger partial charge in [-0.3, -0.25) is 0 Å². The molecule has 0 saturated heterocycles.